The van der Waals surface area contributed by atoms with Crippen LogP contribution in [-0.2, 0) is 4.79 Å². The predicted octanol–water partition coefficient (Wildman–Crippen LogP) is 8.03. The summed E-state index contributed by atoms with van der Waals surface area (Å²) in [6.07, 6.45) is 25.3. The van der Waals surface area contributed by atoms with Gasteiger partial charge in [-0.2, -0.15) is 0 Å². The summed E-state index contributed by atoms with van der Waals surface area (Å²) in [6.45, 7) is 9.70. The van der Waals surface area contributed by atoms with Crippen LogP contribution in [0.2, 0.25) is 0 Å². The average Bonchev–Trinajstić information content (AvgIpc) is 2.70. The van der Waals surface area contributed by atoms with Gasteiger partial charge in [-0.25, -0.2) is 0 Å². The second-order valence-corrected chi connectivity index (χ2v) is 9.27. The number of likely N-dealkylation sites (N-methyl/N-ethyl adjacent to an activating group) is 1. The van der Waals surface area contributed by atoms with Gasteiger partial charge in [0.25, 0.3) is 0 Å². The molecule has 0 aliphatic carbocycles. The number of hydrogen-bond donors (Lipinski definition) is 1. The zero-order valence-corrected chi connectivity index (χ0v) is 21.4. The minimum Gasteiger partial charge on any atom is -0.345 e. The molecule has 0 radical (unpaired) electrons. The van der Waals surface area contributed by atoms with Crippen LogP contribution in [0.1, 0.15) is 136 Å². The highest BCUT2D eigenvalue weighted by atomic mass is 16.2. The van der Waals surface area contributed by atoms with Crippen molar-refractivity contribution in [2.75, 3.05) is 14.1 Å². The van der Waals surface area contributed by atoms with Crippen molar-refractivity contribution in [2.45, 2.75) is 142 Å². The standard InChI is InChI=1S/C21H45N.C6H11NO/c1-3-5-6-7-8-9-10-11-12-13-14-15-16-17-18-20-21(22)19-4-2;1-5(2)6(8)7(3)4/h21H,3-20,22H2,1-2H3;1H2,2-4H3. The van der Waals surface area contributed by atoms with Crippen molar-refractivity contribution in [2.24, 2.45) is 5.73 Å². The number of carbonyl (C=O) groups is 1. The summed E-state index contributed by atoms with van der Waals surface area (Å²) in [6, 6.07) is 0.465. The summed E-state index contributed by atoms with van der Waals surface area (Å²) < 4.78 is 0. The third-order valence-corrected chi connectivity index (χ3v) is 5.61. The van der Waals surface area contributed by atoms with Crippen LogP contribution in [0.3, 0.4) is 0 Å². The number of rotatable bonds is 19. The lowest BCUT2D eigenvalue weighted by Crippen LogP contribution is -2.21. The third-order valence-electron chi connectivity index (χ3n) is 5.61. The molecule has 0 aliphatic rings. The smallest absolute Gasteiger partial charge is 0.248 e. The summed E-state index contributed by atoms with van der Waals surface area (Å²) in [5, 5.41) is 0. The van der Waals surface area contributed by atoms with Gasteiger partial charge in [0.2, 0.25) is 5.91 Å². The largest absolute Gasteiger partial charge is 0.345 e. The zero-order valence-electron chi connectivity index (χ0n) is 21.4. The molecule has 0 aromatic heterocycles. The first-order chi connectivity index (χ1) is 14.4. The maximum atomic E-state index is 10.7. The van der Waals surface area contributed by atoms with E-state index in [9.17, 15) is 4.79 Å². The van der Waals surface area contributed by atoms with E-state index in [0.29, 0.717) is 11.6 Å². The van der Waals surface area contributed by atoms with Crippen LogP contribution in [-0.4, -0.2) is 30.9 Å². The molecule has 2 N–H and O–H groups in total. The Hall–Kier alpha value is -0.830. The van der Waals surface area contributed by atoms with Crippen molar-refractivity contribution < 1.29 is 4.79 Å². The molecule has 0 aromatic rings. The van der Waals surface area contributed by atoms with Gasteiger partial charge in [-0.1, -0.05) is 123 Å². The molecule has 30 heavy (non-hydrogen) atoms. The van der Waals surface area contributed by atoms with Gasteiger partial charge in [0.15, 0.2) is 0 Å². The van der Waals surface area contributed by atoms with Crippen LogP contribution in [0.15, 0.2) is 12.2 Å². The SMILES string of the molecule is C=C(C)C(=O)N(C)C.CCCCCCCCCCCCCCCCCC(N)CCC. The molecular weight excluding hydrogens is 368 g/mol. The van der Waals surface area contributed by atoms with Crippen LogP contribution in [0.4, 0.5) is 0 Å². The number of hydrogen-bond acceptors (Lipinski definition) is 2. The first-order valence-electron chi connectivity index (χ1n) is 13.0. The van der Waals surface area contributed by atoms with Gasteiger partial charge in [-0.3, -0.25) is 4.79 Å². The molecule has 1 unspecified atom stereocenters. The molecule has 0 saturated heterocycles. The van der Waals surface area contributed by atoms with Crippen molar-refractivity contribution in [3.63, 3.8) is 0 Å². The highest BCUT2D eigenvalue weighted by molar-refractivity contribution is 5.91. The molecule has 1 amide bonds. The molecule has 0 rings (SSSR count). The number of nitrogens with zero attached hydrogens (tertiary/aromatic N) is 1. The fourth-order valence-corrected chi connectivity index (χ4v) is 3.67. The highest BCUT2D eigenvalue weighted by Crippen LogP contribution is 2.14. The van der Waals surface area contributed by atoms with Crippen LogP contribution in [0, 0.1) is 0 Å². The van der Waals surface area contributed by atoms with Crippen LogP contribution in [0.25, 0.3) is 0 Å². The Labute approximate surface area is 190 Å². The number of carbonyl (C=O) groups excluding carboxylic acids is 1. The summed E-state index contributed by atoms with van der Waals surface area (Å²) in [5.74, 6) is -0.00926. The Bertz CT molecular complexity index is 379. The molecule has 0 heterocycles. The van der Waals surface area contributed by atoms with Crippen molar-refractivity contribution in [3.05, 3.63) is 12.2 Å². The van der Waals surface area contributed by atoms with E-state index < -0.39 is 0 Å². The lowest BCUT2D eigenvalue weighted by Gasteiger charge is -2.09. The fourth-order valence-electron chi connectivity index (χ4n) is 3.67. The predicted molar refractivity (Wildman–Crippen MR) is 136 cm³/mol. The zero-order chi connectivity index (χ0) is 23.0. The highest BCUT2D eigenvalue weighted by Gasteiger charge is 2.01. The average molecular weight is 425 g/mol. The molecule has 3 heteroatoms. The molecule has 1 atom stereocenters. The van der Waals surface area contributed by atoms with E-state index in [4.69, 9.17) is 5.73 Å². The van der Waals surface area contributed by atoms with Gasteiger partial charge in [-0.15, -0.1) is 0 Å². The Morgan fingerprint density at radius 3 is 1.33 bits per heavy atom. The lowest BCUT2D eigenvalue weighted by atomic mass is 10.0. The van der Waals surface area contributed by atoms with E-state index in [1.807, 2.05) is 0 Å². The minimum absolute atomic E-state index is 0.00926. The van der Waals surface area contributed by atoms with Crippen molar-refractivity contribution >= 4 is 5.91 Å². The third kappa shape index (κ3) is 25.2. The monoisotopic (exact) mass is 424 g/mol. The van der Waals surface area contributed by atoms with Crippen molar-refractivity contribution in [1.82, 2.24) is 4.90 Å². The Kier molecular flexibility index (Phi) is 25.5. The van der Waals surface area contributed by atoms with Crippen LogP contribution < -0.4 is 5.73 Å². The Morgan fingerprint density at radius 2 is 1.07 bits per heavy atom. The molecule has 0 bridgehead atoms. The van der Waals surface area contributed by atoms with Gasteiger partial charge in [0.1, 0.15) is 0 Å². The second-order valence-electron chi connectivity index (χ2n) is 9.27. The van der Waals surface area contributed by atoms with Gasteiger partial charge in [0.05, 0.1) is 0 Å². The van der Waals surface area contributed by atoms with Crippen molar-refractivity contribution in [3.8, 4) is 0 Å². The van der Waals surface area contributed by atoms with Gasteiger partial charge >= 0.3 is 0 Å². The van der Waals surface area contributed by atoms with Gasteiger partial charge < -0.3 is 10.6 Å². The van der Waals surface area contributed by atoms with E-state index in [2.05, 4.69) is 20.4 Å². The maximum Gasteiger partial charge on any atom is 0.248 e. The Balaban J connectivity index is 0. The first kappa shape index (κ1) is 31.4. The van der Waals surface area contributed by atoms with Gasteiger partial charge in [-0.05, 0) is 19.8 Å². The van der Waals surface area contributed by atoms with Crippen LogP contribution >= 0.6 is 0 Å². The normalized spacial score (nSPS) is 11.5. The first-order valence-corrected chi connectivity index (χ1v) is 13.0. The maximum absolute atomic E-state index is 10.7. The quantitative estimate of drug-likeness (QED) is 0.168. The van der Waals surface area contributed by atoms with E-state index in [1.165, 1.54) is 120 Å². The van der Waals surface area contributed by atoms with Crippen LogP contribution in [0.5, 0.6) is 0 Å². The molecule has 0 saturated carbocycles. The fraction of sp³-hybridized carbons (Fsp3) is 0.889. The molecule has 0 aromatic carbocycles. The molecular formula is C27H56N2O. The second kappa shape index (κ2) is 24.4. The number of nitrogens with two attached hydrogens (primary N) is 1. The van der Waals surface area contributed by atoms with E-state index in [-0.39, 0.29) is 5.91 Å². The molecule has 180 valence electrons. The molecule has 3 nitrogen and oxygen atoms in total. The van der Waals surface area contributed by atoms with Gasteiger partial charge in [0, 0.05) is 25.7 Å². The summed E-state index contributed by atoms with van der Waals surface area (Å²) in [4.78, 5) is 12.2. The summed E-state index contributed by atoms with van der Waals surface area (Å²) in [7, 11) is 3.41. The minimum atomic E-state index is -0.00926. The lowest BCUT2D eigenvalue weighted by molar-refractivity contribution is -0.124. The van der Waals surface area contributed by atoms with E-state index >= 15 is 0 Å². The topological polar surface area (TPSA) is 46.3 Å². The number of unbranched alkanes of at least 4 members (excludes halogenated alkanes) is 14. The summed E-state index contributed by atoms with van der Waals surface area (Å²) >= 11 is 0. The number of amides is 1. The Morgan fingerprint density at radius 1 is 0.700 bits per heavy atom. The molecule has 0 aliphatic heterocycles. The van der Waals surface area contributed by atoms with E-state index in [0.717, 1.165) is 0 Å². The summed E-state index contributed by atoms with van der Waals surface area (Å²) in [5.41, 5.74) is 6.62. The van der Waals surface area contributed by atoms with Crippen molar-refractivity contribution in [1.29, 1.82) is 0 Å². The molecule has 0 fully saturated rings. The molecule has 0 spiro atoms. The van der Waals surface area contributed by atoms with E-state index in [1.54, 1.807) is 21.0 Å².